The van der Waals surface area contributed by atoms with E-state index in [4.69, 9.17) is 0 Å². The van der Waals surface area contributed by atoms with E-state index < -0.39 is 0 Å². The van der Waals surface area contributed by atoms with Crippen molar-refractivity contribution in [3.05, 3.63) is 34.4 Å². The molecule has 1 saturated carbocycles. The Labute approximate surface area is 106 Å². The van der Waals surface area contributed by atoms with Gasteiger partial charge in [-0.3, -0.25) is 0 Å². The highest BCUT2D eigenvalue weighted by Crippen LogP contribution is 2.35. The Balaban J connectivity index is 2.34. The molecule has 1 fully saturated rings. The van der Waals surface area contributed by atoms with Gasteiger partial charge in [-0.15, -0.1) is 0 Å². The summed E-state index contributed by atoms with van der Waals surface area (Å²) in [7, 11) is 2.11. The lowest BCUT2D eigenvalue weighted by Crippen LogP contribution is -2.35. The SMILES string of the molecule is CNC1CCCCC1c1cc(C)c(C)cc1C. The molecule has 0 amide bonds. The van der Waals surface area contributed by atoms with Crippen LogP contribution in [-0.2, 0) is 0 Å². The molecule has 1 aliphatic rings. The summed E-state index contributed by atoms with van der Waals surface area (Å²) in [6.07, 6.45) is 5.43. The van der Waals surface area contributed by atoms with Gasteiger partial charge in [0.25, 0.3) is 0 Å². The van der Waals surface area contributed by atoms with E-state index in [0.717, 1.165) is 0 Å². The van der Waals surface area contributed by atoms with Gasteiger partial charge >= 0.3 is 0 Å². The van der Waals surface area contributed by atoms with E-state index in [1.807, 2.05) is 0 Å². The van der Waals surface area contributed by atoms with Gasteiger partial charge < -0.3 is 5.32 Å². The molecule has 1 aromatic carbocycles. The van der Waals surface area contributed by atoms with E-state index in [9.17, 15) is 0 Å². The first-order valence-electron chi connectivity index (χ1n) is 6.88. The lowest BCUT2D eigenvalue weighted by molar-refractivity contribution is 0.343. The van der Waals surface area contributed by atoms with Crippen LogP contribution in [0.25, 0.3) is 0 Å². The van der Waals surface area contributed by atoms with Gasteiger partial charge in [0.15, 0.2) is 0 Å². The minimum absolute atomic E-state index is 0.671. The summed E-state index contributed by atoms with van der Waals surface area (Å²) in [6.45, 7) is 6.71. The van der Waals surface area contributed by atoms with Crippen LogP contribution in [0, 0.1) is 20.8 Å². The van der Waals surface area contributed by atoms with Crippen molar-refractivity contribution >= 4 is 0 Å². The standard InChI is InChI=1S/C16H25N/c1-11-9-13(3)15(10-12(11)2)14-7-5-6-8-16(14)17-4/h9-10,14,16-17H,5-8H2,1-4H3. The Hall–Kier alpha value is -0.820. The Morgan fingerprint density at radius 3 is 2.29 bits per heavy atom. The monoisotopic (exact) mass is 231 g/mol. The minimum Gasteiger partial charge on any atom is -0.316 e. The predicted octanol–water partition coefficient (Wildman–Crippen LogP) is 3.86. The zero-order valence-corrected chi connectivity index (χ0v) is 11.6. The Morgan fingerprint density at radius 2 is 1.59 bits per heavy atom. The maximum absolute atomic E-state index is 3.51. The number of benzene rings is 1. The van der Waals surface area contributed by atoms with Crippen LogP contribution >= 0.6 is 0 Å². The highest BCUT2D eigenvalue weighted by molar-refractivity contribution is 5.39. The molecular weight excluding hydrogens is 206 g/mol. The number of hydrogen-bond donors (Lipinski definition) is 1. The van der Waals surface area contributed by atoms with E-state index in [1.54, 1.807) is 5.56 Å². The molecule has 94 valence electrons. The van der Waals surface area contributed by atoms with Gasteiger partial charge in [-0.25, -0.2) is 0 Å². The van der Waals surface area contributed by atoms with Crippen LogP contribution in [0.3, 0.4) is 0 Å². The fourth-order valence-corrected chi connectivity index (χ4v) is 3.23. The van der Waals surface area contributed by atoms with E-state index in [0.29, 0.717) is 12.0 Å². The van der Waals surface area contributed by atoms with Crippen LogP contribution in [0.4, 0.5) is 0 Å². The Morgan fingerprint density at radius 1 is 0.941 bits per heavy atom. The Bertz CT molecular complexity index is 395. The third-order valence-electron chi connectivity index (χ3n) is 4.42. The summed E-state index contributed by atoms with van der Waals surface area (Å²) < 4.78 is 0. The molecule has 0 saturated heterocycles. The molecule has 1 aliphatic carbocycles. The first-order valence-corrected chi connectivity index (χ1v) is 6.88. The largest absolute Gasteiger partial charge is 0.316 e. The summed E-state index contributed by atoms with van der Waals surface area (Å²) in [6, 6.07) is 5.45. The molecule has 0 radical (unpaired) electrons. The molecule has 1 heteroatoms. The van der Waals surface area contributed by atoms with Crippen LogP contribution in [0.2, 0.25) is 0 Å². The van der Waals surface area contributed by atoms with Gasteiger partial charge in [0.05, 0.1) is 0 Å². The van der Waals surface area contributed by atoms with Crippen molar-refractivity contribution in [2.45, 2.75) is 58.4 Å². The normalized spacial score (nSPS) is 24.9. The van der Waals surface area contributed by atoms with Crippen molar-refractivity contribution in [3.8, 4) is 0 Å². The molecule has 0 aromatic heterocycles. The van der Waals surface area contributed by atoms with E-state index in [-0.39, 0.29) is 0 Å². The van der Waals surface area contributed by atoms with Crippen molar-refractivity contribution in [1.82, 2.24) is 5.32 Å². The number of aryl methyl sites for hydroxylation is 3. The second-order valence-electron chi connectivity index (χ2n) is 5.58. The highest BCUT2D eigenvalue weighted by atomic mass is 14.9. The van der Waals surface area contributed by atoms with E-state index >= 15 is 0 Å². The molecule has 2 unspecified atom stereocenters. The molecule has 1 nitrogen and oxygen atoms in total. The maximum Gasteiger partial charge on any atom is 0.0133 e. The number of nitrogens with one attached hydrogen (secondary N) is 1. The summed E-state index contributed by atoms with van der Waals surface area (Å²) in [5.74, 6) is 0.716. The van der Waals surface area contributed by atoms with E-state index in [1.165, 1.54) is 42.4 Å². The lowest BCUT2D eigenvalue weighted by atomic mass is 9.78. The molecule has 1 aromatic rings. The number of likely N-dealkylation sites (N-methyl/N-ethyl adjacent to an activating group) is 1. The maximum atomic E-state index is 3.51. The van der Waals surface area contributed by atoms with Gasteiger partial charge in [0.2, 0.25) is 0 Å². The quantitative estimate of drug-likeness (QED) is 0.815. The molecule has 2 rings (SSSR count). The number of rotatable bonds is 2. The van der Waals surface area contributed by atoms with Crippen molar-refractivity contribution < 1.29 is 0 Å². The molecule has 1 N–H and O–H groups in total. The van der Waals surface area contributed by atoms with Crippen LogP contribution < -0.4 is 5.32 Å². The van der Waals surface area contributed by atoms with Crippen molar-refractivity contribution in [2.75, 3.05) is 7.05 Å². The third-order valence-corrected chi connectivity index (χ3v) is 4.42. The van der Waals surface area contributed by atoms with Crippen LogP contribution in [0.15, 0.2) is 12.1 Å². The van der Waals surface area contributed by atoms with Crippen LogP contribution in [0.1, 0.15) is 53.9 Å². The second kappa shape index (κ2) is 5.22. The first-order chi connectivity index (χ1) is 8.13. The summed E-state index contributed by atoms with van der Waals surface area (Å²) in [5, 5.41) is 3.51. The fourth-order valence-electron chi connectivity index (χ4n) is 3.23. The fraction of sp³-hybridized carbons (Fsp3) is 0.625. The summed E-state index contributed by atoms with van der Waals surface area (Å²) in [4.78, 5) is 0. The molecule has 0 bridgehead atoms. The predicted molar refractivity (Wildman–Crippen MR) is 74.7 cm³/mol. The van der Waals surface area contributed by atoms with Crippen LogP contribution in [-0.4, -0.2) is 13.1 Å². The average Bonchev–Trinajstić information content (AvgIpc) is 2.34. The first kappa shape index (κ1) is 12.6. The topological polar surface area (TPSA) is 12.0 Å². The van der Waals surface area contributed by atoms with Gasteiger partial charge in [0.1, 0.15) is 0 Å². The third kappa shape index (κ3) is 2.55. The van der Waals surface area contributed by atoms with Gasteiger partial charge in [-0.2, -0.15) is 0 Å². The number of hydrogen-bond acceptors (Lipinski definition) is 1. The summed E-state index contributed by atoms with van der Waals surface area (Å²) >= 11 is 0. The van der Waals surface area contributed by atoms with E-state index in [2.05, 4.69) is 45.3 Å². The molecule has 17 heavy (non-hydrogen) atoms. The second-order valence-corrected chi connectivity index (χ2v) is 5.58. The lowest BCUT2D eigenvalue weighted by Gasteiger charge is -2.33. The summed E-state index contributed by atoms with van der Waals surface area (Å²) in [5.41, 5.74) is 5.90. The zero-order valence-electron chi connectivity index (χ0n) is 11.6. The van der Waals surface area contributed by atoms with Crippen molar-refractivity contribution in [2.24, 2.45) is 0 Å². The zero-order chi connectivity index (χ0) is 12.4. The molecule has 0 spiro atoms. The molecule has 2 atom stereocenters. The van der Waals surface area contributed by atoms with Crippen LogP contribution in [0.5, 0.6) is 0 Å². The Kier molecular flexibility index (Phi) is 3.88. The van der Waals surface area contributed by atoms with Gasteiger partial charge in [0, 0.05) is 6.04 Å². The molecule has 0 aliphatic heterocycles. The smallest absolute Gasteiger partial charge is 0.0133 e. The van der Waals surface area contributed by atoms with Gasteiger partial charge in [-0.1, -0.05) is 25.0 Å². The highest BCUT2D eigenvalue weighted by Gasteiger charge is 2.26. The van der Waals surface area contributed by atoms with Gasteiger partial charge in [-0.05, 0) is 68.8 Å². The average molecular weight is 231 g/mol. The molecular formula is C16H25N. The van der Waals surface area contributed by atoms with Crippen molar-refractivity contribution in [3.63, 3.8) is 0 Å². The van der Waals surface area contributed by atoms with Crippen molar-refractivity contribution in [1.29, 1.82) is 0 Å². The molecule has 0 heterocycles. The minimum atomic E-state index is 0.671.